The Kier molecular flexibility index (Phi) is 2.58. The quantitative estimate of drug-likeness (QED) is 0.774. The first-order valence-electron chi connectivity index (χ1n) is 5.04. The van der Waals surface area contributed by atoms with E-state index in [1.54, 1.807) is 0 Å². The molecule has 1 aromatic rings. The zero-order chi connectivity index (χ0) is 10.8. The Hall–Kier alpha value is -1.58. The molecule has 15 heavy (non-hydrogen) atoms. The normalized spacial score (nSPS) is 16.8. The van der Waals surface area contributed by atoms with E-state index >= 15 is 0 Å². The van der Waals surface area contributed by atoms with Crippen molar-refractivity contribution in [1.29, 1.82) is 0 Å². The number of carbonyl (C=O) groups is 2. The van der Waals surface area contributed by atoms with Crippen LogP contribution in [0.5, 0.6) is 0 Å². The van der Waals surface area contributed by atoms with E-state index in [2.05, 4.69) is 0 Å². The smallest absolute Gasteiger partial charge is 0.338 e. The molecule has 1 saturated carbocycles. The van der Waals surface area contributed by atoms with E-state index in [1.807, 2.05) is 0 Å². The molecular formula is C11H12O4. The molecule has 1 N–H and O–H groups in total. The minimum absolute atomic E-state index is 0.0257. The average Bonchev–Trinajstić information content (AvgIpc) is 2.88. The highest BCUT2D eigenvalue weighted by atomic mass is 16.4. The van der Waals surface area contributed by atoms with Gasteiger partial charge in [0, 0.05) is 12.0 Å². The van der Waals surface area contributed by atoms with Crippen molar-refractivity contribution in [1.82, 2.24) is 0 Å². The van der Waals surface area contributed by atoms with Gasteiger partial charge in [-0.05, 0) is 12.8 Å². The van der Waals surface area contributed by atoms with E-state index in [-0.39, 0.29) is 23.0 Å². The maximum absolute atomic E-state index is 11.8. The number of furan rings is 1. The van der Waals surface area contributed by atoms with Crippen molar-refractivity contribution in [3.63, 3.8) is 0 Å². The Balaban J connectivity index is 2.14. The van der Waals surface area contributed by atoms with Crippen molar-refractivity contribution < 1.29 is 19.1 Å². The van der Waals surface area contributed by atoms with E-state index in [1.165, 1.54) is 6.07 Å². The lowest BCUT2D eigenvalue weighted by molar-refractivity contribution is 0.0696. The number of hydrogen-bond acceptors (Lipinski definition) is 3. The van der Waals surface area contributed by atoms with Crippen LogP contribution in [0.3, 0.4) is 0 Å². The summed E-state index contributed by atoms with van der Waals surface area (Å²) >= 11 is 0. The van der Waals surface area contributed by atoms with Crippen molar-refractivity contribution in [2.75, 3.05) is 0 Å². The summed E-state index contributed by atoms with van der Waals surface area (Å²) in [5, 5.41) is 8.67. The Morgan fingerprint density at radius 1 is 1.33 bits per heavy atom. The maximum atomic E-state index is 11.8. The molecule has 0 aromatic carbocycles. The summed E-state index contributed by atoms with van der Waals surface area (Å²) in [6.45, 7) is 0. The summed E-state index contributed by atoms with van der Waals surface area (Å²) in [5.41, 5.74) is 0.0383. The molecule has 0 bridgehead atoms. The second-order valence-electron chi connectivity index (χ2n) is 3.85. The third kappa shape index (κ3) is 1.93. The zero-order valence-electron chi connectivity index (χ0n) is 8.23. The fourth-order valence-electron chi connectivity index (χ4n) is 1.97. The van der Waals surface area contributed by atoms with Gasteiger partial charge in [-0.15, -0.1) is 0 Å². The van der Waals surface area contributed by atoms with Crippen molar-refractivity contribution in [3.8, 4) is 0 Å². The Morgan fingerprint density at radius 3 is 2.53 bits per heavy atom. The van der Waals surface area contributed by atoms with E-state index in [4.69, 9.17) is 9.52 Å². The van der Waals surface area contributed by atoms with Gasteiger partial charge in [-0.1, -0.05) is 12.8 Å². The molecule has 0 aliphatic heterocycles. The molecule has 0 atom stereocenters. The van der Waals surface area contributed by atoms with Gasteiger partial charge in [0.25, 0.3) is 0 Å². The predicted molar refractivity (Wildman–Crippen MR) is 52.0 cm³/mol. The van der Waals surface area contributed by atoms with Gasteiger partial charge in [0.15, 0.2) is 5.76 Å². The molecule has 2 rings (SSSR count). The lowest BCUT2D eigenvalue weighted by atomic mass is 10.0. The molecule has 1 aromatic heterocycles. The number of rotatable bonds is 3. The Morgan fingerprint density at radius 2 is 2.00 bits per heavy atom. The van der Waals surface area contributed by atoms with Crippen LogP contribution >= 0.6 is 0 Å². The van der Waals surface area contributed by atoms with Crippen LogP contribution < -0.4 is 0 Å². The van der Waals surface area contributed by atoms with Crippen molar-refractivity contribution in [2.45, 2.75) is 25.7 Å². The van der Waals surface area contributed by atoms with E-state index in [9.17, 15) is 9.59 Å². The van der Waals surface area contributed by atoms with Gasteiger partial charge in [-0.25, -0.2) is 4.79 Å². The molecule has 0 spiro atoms. The molecule has 80 valence electrons. The first-order chi connectivity index (χ1) is 7.18. The van der Waals surface area contributed by atoms with Crippen LogP contribution in [0.25, 0.3) is 0 Å². The summed E-state index contributed by atoms with van der Waals surface area (Å²) in [4.78, 5) is 22.4. The minimum Gasteiger partial charge on any atom is -0.478 e. The number of hydrogen-bond donors (Lipinski definition) is 1. The summed E-state index contributed by atoms with van der Waals surface area (Å²) < 4.78 is 4.97. The average molecular weight is 208 g/mol. The number of aromatic carboxylic acids is 1. The molecule has 0 radical (unpaired) electrons. The molecule has 1 aliphatic rings. The standard InChI is InChI=1S/C11H12O4/c12-10(7-3-1-2-4-7)9-5-8(6-15-9)11(13)14/h5-7H,1-4H2,(H,13,14). The van der Waals surface area contributed by atoms with Crippen molar-refractivity contribution >= 4 is 11.8 Å². The van der Waals surface area contributed by atoms with Crippen LogP contribution in [0, 0.1) is 5.92 Å². The number of ketones is 1. The molecular weight excluding hydrogens is 196 g/mol. The van der Waals surface area contributed by atoms with Gasteiger partial charge >= 0.3 is 5.97 Å². The number of Topliss-reactive ketones (excluding diaryl/α,β-unsaturated/α-hetero) is 1. The predicted octanol–water partition coefficient (Wildman–Crippen LogP) is 2.35. The number of carboxylic acid groups (broad SMARTS) is 1. The lowest BCUT2D eigenvalue weighted by Crippen LogP contribution is -2.09. The van der Waals surface area contributed by atoms with Crippen LogP contribution in [0.2, 0.25) is 0 Å². The second-order valence-corrected chi connectivity index (χ2v) is 3.85. The number of carbonyl (C=O) groups excluding carboxylic acids is 1. The largest absolute Gasteiger partial charge is 0.478 e. The van der Waals surface area contributed by atoms with Crippen molar-refractivity contribution in [2.24, 2.45) is 5.92 Å². The first-order valence-corrected chi connectivity index (χ1v) is 5.04. The van der Waals surface area contributed by atoms with Gasteiger partial charge in [-0.2, -0.15) is 0 Å². The van der Waals surface area contributed by atoms with Crippen molar-refractivity contribution in [3.05, 3.63) is 23.7 Å². The fourth-order valence-corrected chi connectivity index (χ4v) is 1.97. The van der Waals surface area contributed by atoms with E-state index in [0.29, 0.717) is 0 Å². The molecule has 0 unspecified atom stereocenters. The van der Waals surface area contributed by atoms with Gasteiger partial charge in [0.05, 0.1) is 5.56 Å². The molecule has 0 amide bonds. The zero-order valence-corrected chi connectivity index (χ0v) is 8.23. The van der Waals surface area contributed by atoms with Crippen LogP contribution in [0.4, 0.5) is 0 Å². The number of carboxylic acids is 1. The molecule has 4 heteroatoms. The topological polar surface area (TPSA) is 67.5 Å². The molecule has 1 aliphatic carbocycles. The SMILES string of the molecule is O=C(O)c1coc(C(=O)C2CCCC2)c1. The maximum Gasteiger partial charge on any atom is 0.338 e. The molecule has 1 heterocycles. The molecule has 0 saturated heterocycles. The second kappa shape index (κ2) is 3.88. The lowest BCUT2D eigenvalue weighted by Gasteiger charge is -2.03. The third-order valence-corrected chi connectivity index (χ3v) is 2.82. The Bertz CT molecular complexity index is 385. The van der Waals surface area contributed by atoms with Crippen LogP contribution in [0.15, 0.2) is 16.7 Å². The fraction of sp³-hybridized carbons (Fsp3) is 0.455. The first kappa shape index (κ1) is 9.96. The third-order valence-electron chi connectivity index (χ3n) is 2.82. The minimum atomic E-state index is -1.07. The summed E-state index contributed by atoms with van der Waals surface area (Å²) in [6.07, 6.45) is 5.04. The molecule has 4 nitrogen and oxygen atoms in total. The van der Waals surface area contributed by atoms with Gasteiger partial charge in [0.1, 0.15) is 6.26 Å². The van der Waals surface area contributed by atoms with Gasteiger partial charge < -0.3 is 9.52 Å². The van der Waals surface area contributed by atoms with Crippen LogP contribution in [-0.4, -0.2) is 16.9 Å². The summed E-state index contributed by atoms with van der Waals surface area (Å²) in [6, 6.07) is 1.31. The highest BCUT2D eigenvalue weighted by Gasteiger charge is 2.26. The Labute approximate surface area is 86.9 Å². The van der Waals surface area contributed by atoms with Crippen LogP contribution in [-0.2, 0) is 0 Å². The highest BCUT2D eigenvalue weighted by Crippen LogP contribution is 2.28. The van der Waals surface area contributed by atoms with E-state index < -0.39 is 5.97 Å². The van der Waals surface area contributed by atoms with E-state index in [0.717, 1.165) is 31.9 Å². The monoisotopic (exact) mass is 208 g/mol. The van der Waals surface area contributed by atoms with Crippen LogP contribution in [0.1, 0.15) is 46.6 Å². The molecule has 1 fully saturated rings. The van der Waals surface area contributed by atoms with Gasteiger partial charge in [0.2, 0.25) is 5.78 Å². The summed E-state index contributed by atoms with van der Waals surface area (Å²) in [5.74, 6) is -0.915. The van der Waals surface area contributed by atoms with Gasteiger partial charge in [-0.3, -0.25) is 4.79 Å². The highest BCUT2D eigenvalue weighted by molar-refractivity contribution is 5.98. The summed E-state index contributed by atoms with van der Waals surface area (Å²) in [7, 11) is 0.